The van der Waals surface area contributed by atoms with Crippen LogP contribution in [0.15, 0.2) is 65.7 Å². The van der Waals surface area contributed by atoms with Crippen molar-refractivity contribution in [1.82, 2.24) is 24.5 Å². The van der Waals surface area contributed by atoms with Gasteiger partial charge in [0.1, 0.15) is 18.3 Å². The van der Waals surface area contributed by atoms with Crippen molar-refractivity contribution in [3.63, 3.8) is 0 Å². The fraction of sp³-hybridized carbons (Fsp3) is 0.250. The van der Waals surface area contributed by atoms with Crippen LogP contribution in [0.4, 0.5) is 18.9 Å². The molecule has 0 aliphatic carbocycles. The number of imidazole rings is 1. The molecule has 0 spiro atoms. The molecule has 2 aromatic heterocycles. The van der Waals surface area contributed by atoms with Crippen molar-refractivity contribution in [2.24, 2.45) is 0 Å². The number of alkyl halides is 3. The Morgan fingerprint density at radius 2 is 1.89 bits per heavy atom. The van der Waals surface area contributed by atoms with Crippen LogP contribution < -0.4 is 4.90 Å². The summed E-state index contributed by atoms with van der Waals surface area (Å²) in [5, 5.41) is 8.31. The van der Waals surface area contributed by atoms with E-state index in [0.717, 1.165) is 21.8 Å². The van der Waals surface area contributed by atoms with Crippen LogP contribution in [0.2, 0.25) is 0 Å². The highest BCUT2D eigenvalue weighted by atomic mass is 79.9. The van der Waals surface area contributed by atoms with Crippen LogP contribution in [-0.4, -0.2) is 43.2 Å². The number of hydrogen-bond donors (Lipinski definition) is 0. The molecule has 0 fully saturated rings. The Kier molecular flexibility index (Phi) is 5.96. The Bertz CT molecular complexity index is 1380. The number of carbonyl (C=O) groups is 1. The van der Waals surface area contributed by atoms with Gasteiger partial charge in [-0.3, -0.25) is 4.79 Å². The normalized spacial score (nSPS) is 16.3. The van der Waals surface area contributed by atoms with Gasteiger partial charge in [-0.15, -0.1) is 5.10 Å². The maximum Gasteiger partial charge on any atom is 0.406 e. The Labute approximate surface area is 207 Å². The lowest BCUT2D eigenvalue weighted by Gasteiger charge is -2.27. The summed E-state index contributed by atoms with van der Waals surface area (Å²) >= 11 is 3.42. The molecule has 0 radical (unpaired) electrons. The predicted molar refractivity (Wildman–Crippen MR) is 127 cm³/mol. The number of carbonyl (C=O) groups excluding carboxylic acids is 1. The number of aromatic nitrogens is 5. The highest BCUT2D eigenvalue weighted by Gasteiger charge is 2.40. The molecule has 1 amide bonds. The van der Waals surface area contributed by atoms with Crippen molar-refractivity contribution in [3.8, 4) is 16.9 Å². The monoisotopic (exact) mass is 544 g/mol. The molecule has 11 heteroatoms. The van der Waals surface area contributed by atoms with Crippen LogP contribution in [0.3, 0.4) is 0 Å². The number of nitrogens with zero attached hydrogens (tertiary/aromatic N) is 6. The molecular weight excluding hydrogens is 525 g/mol. The Morgan fingerprint density at radius 3 is 2.57 bits per heavy atom. The number of hydrogen-bond acceptors (Lipinski definition) is 4. The number of amides is 1. The Morgan fingerprint density at radius 1 is 1.11 bits per heavy atom. The van der Waals surface area contributed by atoms with Crippen LogP contribution >= 0.6 is 15.9 Å². The van der Waals surface area contributed by atoms with E-state index in [0.29, 0.717) is 28.6 Å². The molecule has 5 rings (SSSR count). The van der Waals surface area contributed by atoms with Crippen LogP contribution in [0.25, 0.3) is 16.9 Å². The van der Waals surface area contributed by atoms with Gasteiger partial charge >= 0.3 is 6.18 Å². The maximum absolute atomic E-state index is 13.4. The second kappa shape index (κ2) is 8.95. The average Bonchev–Trinajstić information content (AvgIpc) is 3.45. The van der Waals surface area contributed by atoms with E-state index in [-0.39, 0.29) is 5.69 Å². The molecule has 0 bridgehead atoms. The van der Waals surface area contributed by atoms with Crippen molar-refractivity contribution < 1.29 is 18.0 Å². The summed E-state index contributed by atoms with van der Waals surface area (Å²) in [5.41, 5.74) is 4.05. The molecule has 3 heterocycles. The summed E-state index contributed by atoms with van der Waals surface area (Å²) in [6, 6.07) is 11.6. The van der Waals surface area contributed by atoms with Crippen molar-refractivity contribution in [1.29, 1.82) is 0 Å². The minimum Gasteiger partial charge on any atom is -0.306 e. The van der Waals surface area contributed by atoms with Gasteiger partial charge in [-0.25, -0.2) is 9.67 Å². The summed E-state index contributed by atoms with van der Waals surface area (Å²) in [4.78, 5) is 18.4. The predicted octanol–water partition coefficient (Wildman–Crippen LogP) is 5.28. The Balaban J connectivity index is 1.44. The lowest BCUT2D eigenvalue weighted by atomic mass is 10.1. The molecule has 1 atom stereocenters. The summed E-state index contributed by atoms with van der Waals surface area (Å²) in [6.45, 7) is 0.535. The van der Waals surface area contributed by atoms with E-state index in [1.165, 1.54) is 4.68 Å². The molecule has 7 nitrogen and oxygen atoms in total. The van der Waals surface area contributed by atoms with Crippen molar-refractivity contribution in [3.05, 3.63) is 76.9 Å². The van der Waals surface area contributed by atoms with Crippen LogP contribution in [0, 0.1) is 6.92 Å². The molecule has 0 saturated heterocycles. The van der Waals surface area contributed by atoms with Gasteiger partial charge < -0.3 is 9.47 Å². The molecule has 1 unspecified atom stereocenters. The average molecular weight is 545 g/mol. The van der Waals surface area contributed by atoms with Gasteiger partial charge in [-0.05, 0) is 49.6 Å². The second-order valence-corrected chi connectivity index (χ2v) is 9.24. The quantitative estimate of drug-likeness (QED) is 0.350. The number of fused-ring (bicyclic) bond motifs is 1. The molecule has 4 aromatic rings. The third kappa shape index (κ3) is 4.72. The summed E-state index contributed by atoms with van der Waals surface area (Å²) in [5.74, 6) is -0.665. The molecule has 35 heavy (non-hydrogen) atoms. The van der Waals surface area contributed by atoms with Gasteiger partial charge in [0.05, 0.1) is 18.2 Å². The third-order valence-corrected chi connectivity index (χ3v) is 6.69. The van der Waals surface area contributed by atoms with Crippen LogP contribution in [-0.2, 0) is 11.2 Å². The van der Waals surface area contributed by atoms with Gasteiger partial charge in [0.25, 0.3) is 5.91 Å². The van der Waals surface area contributed by atoms with Gasteiger partial charge in [0, 0.05) is 27.6 Å². The number of halogens is 4. The first kappa shape index (κ1) is 23.3. The molecule has 1 aliphatic heterocycles. The summed E-state index contributed by atoms with van der Waals surface area (Å²) in [7, 11) is 0. The van der Waals surface area contributed by atoms with E-state index in [2.05, 4.69) is 31.2 Å². The van der Waals surface area contributed by atoms with Crippen LogP contribution in [0.5, 0.6) is 0 Å². The van der Waals surface area contributed by atoms with Crippen LogP contribution in [0.1, 0.15) is 23.7 Å². The molecule has 0 saturated carbocycles. The lowest BCUT2D eigenvalue weighted by molar-refractivity contribution is -0.134. The number of aryl methyl sites for hydroxylation is 1. The minimum atomic E-state index is -4.55. The van der Waals surface area contributed by atoms with Crippen molar-refractivity contribution in [2.75, 3.05) is 11.4 Å². The van der Waals surface area contributed by atoms with E-state index < -0.39 is 24.7 Å². The minimum absolute atomic E-state index is 0.259. The number of benzene rings is 2. The zero-order chi connectivity index (χ0) is 24.7. The smallest absolute Gasteiger partial charge is 0.306 e. The first-order valence-electron chi connectivity index (χ1n) is 10.9. The van der Waals surface area contributed by atoms with Gasteiger partial charge in [-0.2, -0.15) is 13.2 Å². The molecule has 2 aromatic carbocycles. The zero-order valence-electron chi connectivity index (χ0n) is 18.6. The largest absolute Gasteiger partial charge is 0.406 e. The van der Waals surface area contributed by atoms with Crippen molar-refractivity contribution in [2.45, 2.75) is 32.0 Å². The highest BCUT2D eigenvalue weighted by molar-refractivity contribution is 9.10. The van der Waals surface area contributed by atoms with E-state index >= 15 is 0 Å². The fourth-order valence-corrected chi connectivity index (χ4v) is 4.82. The highest BCUT2D eigenvalue weighted by Crippen LogP contribution is 2.37. The molecule has 0 N–H and O–H groups in total. The fourth-order valence-electron chi connectivity index (χ4n) is 4.27. The van der Waals surface area contributed by atoms with Crippen molar-refractivity contribution >= 4 is 27.5 Å². The SMILES string of the molecule is Cc1cn(-c2ccc(-c3cn(C4CCc5c(Br)cccc5N(CC(F)(F)F)C4=O)nn3)cc2)cn1. The second-order valence-electron chi connectivity index (χ2n) is 8.38. The van der Waals surface area contributed by atoms with Gasteiger partial charge in [-0.1, -0.05) is 39.3 Å². The topological polar surface area (TPSA) is 68.8 Å². The van der Waals surface area contributed by atoms with E-state index in [1.807, 2.05) is 42.0 Å². The first-order chi connectivity index (χ1) is 16.7. The summed E-state index contributed by atoms with van der Waals surface area (Å²) in [6.07, 6.45) is 1.40. The Hall–Kier alpha value is -3.47. The summed E-state index contributed by atoms with van der Waals surface area (Å²) < 4.78 is 44.2. The third-order valence-electron chi connectivity index (χ3n) is 5.94. The molecule has 180 valence electrons. The maximum atomic E-state index is 13.4. The van der Waals surface area contributed by atoms with E-state index in [9.17, 15) is 18.0 Å². The van der Waals surface area contributed by atoms with Gasteiger partial charge in [0.2, 0.25) is 0 Å². The van der Waals surface area contributed by atoms with E-state index in [1.54, 1.807) is 30.7 Å². The molecule has 1 aliphatic rings. The first-order valence-corrected chi connectivity index (χ1v) is 11.7. The van der Waals surface area contributed by atoms with E-state index in [4.69, 9.17) is 0 Å². The zero-order valence-corrected chi connectivity index (χ0v) is 20.2. The lowest BCUT2D eigenvalue weighted by Crippen LogP contribution is -2.42. The molecular formula is C24H20BrF3N6O. The number of rotatable bonds is 4. The standard InChI is InChI=1S/C24H20BrF3N6O/c1-15-11-32(14-29-15)17-7-5-16(6-8-17)20-12-34(31-30-20)22-10-9-18-19(25)3-2-4-21(18)33(23(22)35)13-24(26,27)28/h2-8,11-12,14,22H,9-10,13H2,1H3. The number of anilines is 1. The van der Waals surface area contributed by atoms with Gasteiger partial charge in [0.15, 0.2) is 0 Å².